The lowest BCUT2D eigenvalue weighted by molar-refractivity contribution is -0.172. The Kier molecular flexibility index (Phi) is 6.81. The van der Waals surface area contributed by atoms with Crippen molar-refractivity contribution in [1.82, 2.24) is 0 Å². The standard InChI is InChI=1S/C14H20O4/c1-6-9-10-14(12(15)17-4,13(16)18-5)11(7-2)8-3/h7,11H,2,8,10H2,1,3-5H3. The molecule has 0 heterocycles. The number of carbonyl (C=O) groups excluding carboxylic acids is 2. The Morgan fingerprint density at radius 1 is 1.33 bits per heavy atom. The first kappa shape index (κ1) is 16.2. The van der Waals surface area contributed by atoms with Gasteiger partial charge in [-0.1, -0.05) is 13.0 Å². The number of hydrogen-bond donors (Lipinski definition) is 0. The molecule has 0 fully saturated rings. The largest absolute Gasteiger partial charge is 0.468 e. The molecule has 0 rings (SSSR count). The minimum Gasteiger partial charge on any atom is -0.468 e. The normalized spacial score (nSPS) is 11.8. The molecule has 0 aromatic carbocycles. The van der Waals surface area contributed by atoms with Crippen LogP contribution >= 0.6 is 0 Å². The first-order chi connectivity index (χ1) is 8.54. The maximum atomic E-state index is 12.1. The molecule has 0 aromatic rings. The monoisotopic (exact) mass is 252 g/mol. The van der Waals surface area contributed by atoms with Crippen molar-refractivity contribution in [3.05, 3.63) is 12.7 Å². The number of rotatable bonds is 6. The number of methoxy groups -OCH3 is 2. The van der Waals surface area contributed by atoms with E-state index in [-0.39, 0.29) is 12.3 Å². The predicted molar refractivity (Wildman–Crippen MR) is 68.5 cm³/mol. The van der Waals surface area contributed by atoms with Gasteiger partial charge in [0.2, 0.25) is 0 Å². The molecule has 0 N–H and O–H groups in total. The molecule has 1 unspecified atom stereocenters. The molecule has 1 atom stereocenters. The third kappa shape index (κ3) is 2.92. The summed E-state index contributed by atoms with van der Waals surface area (Å²) in [4.78, 5) is 24.1. The van der Waals surface area contributed by atoms with Crippen LogP contribution in [0, 0.1) is 23.2 Å². The molecule has 0 aliphatic carbocycles. The average molecular weight is 252 g/mol. The second-order valence-corrected chi connectivity index (χ2v) is 3.81. The van der Waals surface area contributed by atoms with Gasteiger partial charge >= 0.3 is 11.9 Å². The number of allylic oxidation sites excluding steroid dienone is 1. The summed E-state index contributed by atoms with van der Waals surface area (Å²) in [5.41, 5.74) is -1.43. The van der Waals surface area contributed by atoms with Gasteiger partial charge in [-0.2, -0.15) is 0 Å². The highest BCUT2D eigenvalue weighted by atomic mass is 16.5. The van der Waals surface area contributed by atoms with E-state index >= 15 is 0 Å². The Morgan fingerprint density at radius 3 is 2.11 bits per heavy atom. The summed E-state index contributed by atoms with van der Waals surface area (Å²) < 4.78 is 9.53. The molecule has 4 heteroatoms. The molecule has 0 saturated heterocycles. The fourth-order valence-corrected chi connectivity index (χ4v) is 1.97. The molecule has 18 heavy (non-hydrogen) atoms. The fourth-order valence-electron chi connectivity index (χ4n) is 1.97. The Morgan fingerprint density at radius 2 is 1.83 bits per heavy atom. The zero-order valence-electron chi connectivity index (χ0n) is 11.4. The van der Waals surface area contributed by atoms with Crippen LogP contribution in [0.15, 0.2) is 12.7 Å². The molecule has 0 bridgehead atoms. The Balaban J connectivity index is 5.79. The van der Waals surface area contributed by atoms with E-state index in [4.69, 9.17) is 9.47 Å². The summed E-state index contributed by atoms with van der Waals surface area (Å²) in [6.07, 6.45) is 2.21. The smallest absolute Gasteiger partial charge is 0.324 e. The number of carbonyl (C=O) groups is 2. The van der Waals surface area contributed by atoms with Crippen molar-refractivity contribution in [3.8, 4) is 11.8 Å². The van der Waals surface area contributed by atoms with E-state index in [1.165, 1.54) is 14.2 Å². The zero-order chi connectivity index (χ0) is 14.2. The van der Waals surface area contributed by atoms with Gasteiger partial charge in [0.1, 0.15) is 0 Å². The molecule has 0 aliphatic heterocycles. The van der Waals surface area contributed by atoms with Gasteiger partial charge in [-0.05, 0) is 13.3 Å². The van der Waals surface area contributed by atoms with Crippen molar-refractivity contribution >= 4 is 11.9 Å². The molecule has 0 aliphatic rings. The van der Waals surface area contributed by atoms with Crippen LogP contribution in [0.3, 0.4) is 0 Å². The van der Waals surface area contributed by atoms with Gasteiger partial charge < -0.3 is 9.47 Å². The molecular weight excluding hydrogens is 232 g/mol. The van der Waals surface area contributed by atoms with E-state index < -0.39 is 17.4 Å². The summed E-state index contributed by atoms with van der Waals surface area (Å²) in [5, 5.41) is 0. The number of ether oxygens (including phenoxy) is 2. The highest BCUT2D eigenvalue weighted by Crippen LogP contribution is 2.37. The second kappa shape index (κ2) is 7.54. The van der Waals surface area contributed by atoms with Gasteiger partial charge in [-0.25, -0.2) is 0 Å². The maximum Gasteiger partial charge on any atom is 0.324 e. The molecule has 4 nitrogen and oxygen atoms in total. The van der Waals surface area contributed by atoms with Crippen molar-refractivity contribution < 1.29 is 19.1 Å². The van der Waals surface area contributed by atoms with Crippen LogP contribution in [-0.2, 0) is 19.1 Å². The quantitative estimate of drug-likeness (QED) is 0.314. The van der Waals surface area contributed by atoms with Gasteiger partial charge in [0.25, 0.3) is 0 Å². The van der Waals surface area contributed by atoms with Gasteiger partial charge in [-0.15, -0.1) is 18.4 Å². The summed E-state index contributed by atoms with van der Waals surface area (Å²) in [6, 6.07) is 0. The summed E-state index contributed by atoms with van der Waals surface area (Å²) in [6.45, 7) is 7.19. The Bertz CT molecular complexity index is 357. The zero-order valence-corrected chi connectivity index (χ0v) is 11.4. The topological polar surface area (TPSA) is 52.6 Å². The average Bonchev–Trinajstić information content (AvgIpc) is 2.41. The van der Waals surface area contributed by atoms with Gasteiger partial charge in [0, 0.05) is 12.3 Å². The molecule has 0 spiro atoms. The summed E-state index contributed by atoms with van der Waals surface area (Å²) in [7, 11) is 2.49. The predicted octanol–water partition coefficient (Wildman–Crippen LogP) is 1.94. The second-order valence-electron chi connectivity index (χ2n) is 3.81. The third-order valence-corrected chi connectivity index (χ3v) is 3.00. The first-order valence-electron chi connectivity index (χ1n) is 5.74. The van der Waals surface area contributed by atoms with Gasteiger partial charge in [-0.3, -0.25) is 9.59 Å². The highest BCUT2D eigenvalue weighted by Gasteiger charge is 2.52. The van der Waals surface area contributed by atoms with Crippen LogP contribution in [0.1, 0.15) is 26.7 Å². The van der Waals surface area contributed by atoms with Crippen molar-refractivity contribution in [1.29, 1.82) is 0 Å². The van der Waals surface area contributed by atoms with Crippen molar-refractivity contribution in [2.24, 2.45) is 11.3 Å². The first-order valence-corrected chi connectivity index (χ1v) is 5.74. The minimum absolute atomic E-state index is 0.0629. The van der Waals surface area contributed by atoms with Crippen LogP contribution in [0.4, 0.5) is 0 Å². The number of esters is 2. The Labute approximate surface area is 108 Å². The van der Waals surface area contributed by atoms with E-state index in [9.17, 15) is 9.59 Å². The SMILES string of the molecule is C=CC(CC)C(CC#CC)(C(=O)OC)C(=O)OC. The van der Waals surface area contributed by atoms with E-state index in [2.05, 4.69) is 18.4 Å². The third-order valence-electron chi connectivity index (χ3n) is 3.00. The molecule has 0 saturated carbocycles. The lowest BCUT2D eigenvalue weighted by Gasteiger charge is -2.32. The van der Waals surface area contributed by atoms with E-state index in [1.54, 1.807) is 13.0 Å². The van der Waals surface area contributed by atoms with Crippen molar-refractivity contribution in [2.45, 2.75) is 26.7 Å². The fraction of sp³-hybridized carbons (Fsp3) is 0.571. The van der Waals surface area contributed by atoms with Crippen LogP contribution in [0.5, 0.6) is 0 Å². The van der Waals surface area contributed by atoms with E-state index in [0.717, 1.165) is 0 Å². The van der Waals surface area contributed by atoms with Crippen molar-refractivity contribution in [2.75, 3.05) is 14.2 Å². The van der Waals surface area contributed by atoms with E-state index in [1.807, 2.05) is 6.92 Å². The van der Waals surface area contributed by atoms with Crippen LogP contribution in [0.2, 0.25) is 0 Å². The molecular formula is C14H20O4. The van der Waals surface area contributed by atoms with Gasteiger partial charge in [0.15, 0.2) is 5.41 Å². The van der Waals surface area contributed by atoms with Crippen LogP contribution in [0.25, 0.3) is 0 Å². The Hall–Kier alpha value is -1.76. The maximum absolute atomic E-state index is 12.1. The van der Waals surface area contributed by atoms with E-state index in [0.29, 0.717) is 6.42 Å². The number of hydrogen-bond acceptors (Lipinski definition) is 4. The highest BCUT2D eigenvalue weighted by molar-refractivity contribution is 6.01. The molecule has 100 valence electrons. The molecule has 0 radical (unpaired) electrons. The van der Waals surface area contributed by atoms with Gasteiger partial charge in [0.05, 0.1) is 14.2 Å². The lowest BCUT2D eigenvalue weighted by atomic mass is 9.71. The van der Waals surface area contributed by atoms with Crippen LogP contribution in [-0.4, -0.2) is 26.2 Å². The van der Waals surface area contributed by atoms with Crippen LogP contribution < -0.4 is 0 Å². The summed E-state index contributed by atoms with van der Waals surface area (Å²) >= 11 is 0. The molecule has 0 amide bonds. The molecule has 0 aromatic heterocycles. The summed E-state index contributed by atoms with van der Waals surface area (Å²) in [5.74, 6) is 3.81. The minimum atomic E-state index is -1.43. The van der Waals surface area contributed by atoms with Crippen molar-refractivity contribution in [3.63, 3.8) is 0 Å². The lowest BCUT2D eigenvalue weighted by Crippen LogP contribution is -2.46.